The van der Waals surface area contributed by atoms with Crippen LogP contribution in [0.3, 0.4) is 0 Å². The summed E-state index contributed by atoms with van der Waals surface area (Å²) in [6.45, 7) is 16.6. The summed E-state index contributed by atoms with van der Waals surface area (Å²) in [6.07, 6.45) is 34.8. The second kappa shape index (κ2) is 25.6. The van der Waals surface area contributed by atoms with E-state index < -0.39 is 0 Å². The maximum atomic E-state index is 5.70. The van der Waals surface area contributed by atoms with Crippen LogP contribution in [0.5, 0.6) is 11.5 Å². The molecule has 0 saturated carbocycles. The van der Waals surface area contributed by atoms with Crippen molar-refractivity contribution in [3.05, 3.63) is 95.8 Å². The number of ether oxygens (including phenoxy) is 2. The van der Waals surface area contributed by atoms with E-state index in [0.29, 0.717) is 23.7 Å². The molecule has 12 nitrogen and oxygen atoms in total. The fraction of sp³-hybridized carbons (Fsp3) is 0.562. The van der Waals surface area contributed by atoms with Crippen molar-refractivity contribution in [2.45, 2.75) is 180 Å². The molecule has 0 atom stereocenters. The van der Waals surface area contributed by atoms with Crippen LogP contribution in [0, 0.1) is 0 Å². The Kier molecular flexibility index (Phi) is 18.1. The summed E-state index contributed by atoms with van der Waals surface area (Å²) >= 11 is 0. The van der Waals surface area contributed by atoms with Gasteiger partial charge in [0.1, 0.15) is 12.7 Å². The molecule has 76 heavy (non-hydrogen) atoms. The maximum absolute atomic E-state index is 5.70. The van der Waals surface area contributed by atoms with Crippen molar-refractivity contribution < 1.29 is 9.47 Å². The molecule has 0 radical (unpaired) electrons. The van der Waals surface area contributed by atoms with Crippen LogP contribution in [0.2, 0.25) is 0 Å². The molecule has 2 fully saturated rings. The molecule has 0 unspecified atom stereocenters. The Bertz CT molecular complexity index is 2900. The Labute approximate surface area is 452 Å². The number of unbranched alkanes of at least 4 members (excludes halogenated alkanes) is 15. The van der Waals surface area contributed by atoms with Gasteiger partial charge in [0, 0.05) is 45.3 Å². The number of hydrogen-bond acceptors (Lipinski definition) is 8. The molecule has 10 rings (SSSR count). The van der Waals surface area contributed by atoms with Gasteiger partial charge in [0.25, 0.3) is 0 Å². The van der Waals surface area contributed by atoms with Gasteiger partial charge in [0.05, 0.1) is 25.6 Å². The average molecular weight is 1030 g/mol. The van der Waals surface area contributed by atoms with E-state index in [4.69, 9.17) is 9.47 Å². The predicted molar refractivity (Wildman–Crippen MR) is 313 cm³/mol. The number of aromatic nitrogens is 8. The summed E-state index contributed by atoms with van der Waals surface area (Å²) in [7, 11) is 3.40. The molecule has 12 heteroatoms. The van der Waals surface area contributed by atoms with Crippen LogP contribution in [0.15, 0.2) is 73.6 Å². The topological polar surface area (TPSA) is 117 Å². The second-order valence-corrected chi connectivity index (χ2v) is 23.3. The van der Waals surface area contributed by atoms with Crippen LogP contribution < -0.4 is 9.47 Å². The number of rotatable bonds is 27. The van der Waals surface area contributed by atoms with Crippen molar-refractivity contribution in [2.75, 3.05) is 53.5 Å². The van der Waals surface area contributed by atoms with Gasteiger partial charge in [0.2, 0.25) is 0 Å². The second-order valence-electron chi connectivity index (χ2n) is 23.3. The number of likely N-dealkylation sites (tertiary alicyclic amines) is 2. The molecule has 8 heterocycles. The number of aromatic amines is 2. The van der Waals surface area contributed by atoms with Gasteiger partial charge < -0.3 is 29.2 Å². The van der Waals surface area contributed by atoms with E-state index in [9.17, 15) is 0 Å². The number of fused-ring (bicyclic) bond motifs is 4. The van der Waals surface area contributed by atoms with Gasteiger partial charge in [-0.1, -0.05) is 130 Å². The number of benzene rings is 2. The van der Waals surface area contributed by atoms with E-state index >= 15 is 0 Å². The molecule has 0 amide bonds. The fourth-order valence-electron chi connectivity index (χ4n) is 13.1. The number of piperidine rings is 2. The van der Waals surface area contributed by atoms with Crippen LogP contribution in [-0.4, -0.2) is 102 Å². The molecule has 2 N–H and O–H groups in total. The zero-order chi connectivity index (χ0) is 52.4. The van der Waals surface area contributed by atoms with Crippen molar-refractivity contribution in [1.29, 1.82) is 0 Å². The fourth-order valence-corrected chi connectivity index (χ4v) is 13.1. The van der Waals surface area contributed by atoms with Crippen molar-refractivity contribution in [3.8, 4) is 34.0 Å². The third-order valence-electron chi connectivity index (χ3n) is 17.4. The lowest BCUT2D eigenvalue weighted by molar-refractivity contribution is 0.208. The monoisotopic (exact) mass is 1030 g/mol. The van der Waals surface area contributed by atoms with E-state index in [1.807, 2.05) is 9.03 Å². The van der Waals surface area contributed by atoms with Crippen LogP contribution in [0.25, 0.3) is 55.6 Å². The van der Waals surface area contributed by atoms with E-state index in [-0.39, 0.29) is 0 Å². The molecule has 0 aliphatic carbocycles. The highest BCUT2D eigenvalue weighted by Crippen LogP contribution is 2.42. The van der Waals surface area contributed by atoms with Gasteiger partial charge in [-0.25, -0.2) is 19.0 Å². The first-order chi connectivity index (χ1) is 37.3. The predicted octanol–water partition coefficient (Wildman–Crippen LogP) is 15.6. The zero-order valence-electron chi connectivity index (χ0n) is 47.0. The summed E-state index contributed by atoms with van der Waals surface area (Å²) in [5.41, 5.74) is 14.0. The Balaban J connectivity index is 0.534. The molecule has 406 valence electrons. The van der Waals surface area contributed by atoms with Crippen LogP contribution in [0.1, 0.15) is 202 Å². The minimum atomic E-state index is 0.370. The molecule has 2 aliphatic rings. The van der Waals surface area contributed by atoms with E-state index in [1.54, 1.807) is 26.9 Å². The highest BCUT2D eigenvalue weighted by Gasteiger charge is 2.26. The number of H-pyrrole nitrogens is 2. The first-order valence-corrected chi connectivity index (χ1v) is 29.8. The minimum absolute atomic E-state index is 0.370. The van der Waals surface area contributed by atoms with Crippen molar-refractivity contribution >= 4 is 33.1 Å². The Morgan fingerprint density at radius 1 is 0.487 bits per heavy atom. The molecule has 2 aromatic carbocycles. The molecular weight excluding hydrogens is 941 g/mol. The number of pyridine rings is 2. The number of nitrogens with zero attached hydrogens (tertiary/aromatic N) is 8. The molecule has 6 aromatic heterocycles. The molecule has 2 saturated heterocycles. The normalized spacial score (nSPS) is 15.5. The summed E-state index contributed by atoms with van der Waals surface area (Å²) in [6, 6.07) is 18.5. The lowest BCUT2D eigenvalue weighted by Crippen LogP contribution is -2.33. The van der Waals surface area contributed by atoms with Gasteiger partial charge in [-0.3, -0.25) is 0 Å². The first-order valence-electron chi connectivity index (χ1n) is 29.8. The lowest BCUT2D eigenvalue weighted by Gasteiger charge is -2.32. The van der Waals surface area contributed by atoms with Crippen molar-refractivity contribution in [2.24, 2.45) is 0 Å². The van der Waals surface area contributed by atoms with Gasteiger partial charge in [0.15, 0.2) is 22.8 Å². The standard InChI is InChI=1S/C64H88N10O2/c1-45(2)59-53-37-49(23-25-55(53)69-61(59)51-39-57(75-5)63-65-43-67-73(63)41-51)47-27-33-71(34-28-47)31-21-19-17-15-13-11-9-7-8-10-12-14-16-18-20-22-32-72-35-29-48(30-36-72)50-24-26-56-54(38-50)60(46(3)4)62(70-56)52-40-58(76-6)64-66-44-68-74(64)42-52/h23-26,37-48,69-70H,7-22,27-36H2,1-6H3. The van der Waals surface area contributed by atoms with Crippen LogP contribution in [-0.2, 0) is 0 Å². The Morgan fingerprint density at radius 2 is 0.842 bits per heavy atom. The minimum Gasteiger partial charge on any atom is -0.493 e. The van der Waals surface area contributed by atoms with E-state index in [1.165, 1.54) is 212 Å². The maximum Gasteiger partial charge on any atom is 0.197 e. The third-order valence-corrected chi connectivity index (χ3v) is 17.4. The highest BCUT2D eigenvalue weighted by atomic mass is 16.5. The SMILES string of the molecule is COc1cc(-c2[nH]c3ccc(C4CCN(CCCCCCCCCCCCCCCCCCN5CCC(c6ccc7[nH]c(-c8cc(OC)c9ncnn9c8)c(C(C)C)c7c6)CC5)CC4)cc3c2C(C)C)cn2ncnc12. The summed E-state index contributed by atoms with van der Waals surface area (Å²) in [5.74, 6) is 3.46. The molecule has 8 aromatic rings. The Morgan fingerprint density at radius 3 is 1.18 bits per heavy atom. The largest absolute Gasteiger partial charge is 0.493 e. The van der Waals surface area contributed by atoms with Crippen LogP contribution in [0.4, 0.5) is 0 Å². The summed E-state index contributed by atoms with van der Waals surface area (Å²) in [4.78, 5) is 21.7. The average Bonchev–Trinajstić information content (AvgIpc) is 4.27. The third kappa shape index (κ3) is 12.5. The number of methoxy groups -OCH3 is 2. The van der Waals surface area contributed by atoms with Gasteiger partial charge in [-0.15, -0.1) is 0 Å². The molecule has 2 aliphatic heterocycles. The summed E-state index contributed by atoms with van der Waals surface area (Å²) in [5, 5.41) is 11.5. The first kappa shape index (κ1) is 53.7. The molecular formula is C64H88N10O2. The van der Waals surface area contributed by atoms with Crippen molar-refractivity contribution in [1.82, 2.24) is 49.0 Å². The smallest absolute Gasteiger partial charge is 0.197 e. The molecule has 0 bridgehead atoms. The lowest BCUT2D eigenvalue weighted by atomic mass is 9.87. The number of hydrogen-bond donors (Lipinski definition) is 2. The van der Waals surface area contributed by atoms with Gasteiger partial charge in [-0.2, -0.15) is 10.2 Å². The van der Waals surface area contributed by atoms with E-state index in [0.717, 1.165) is 45.3 Å². The molecule has 0 spiro atoms. The summed E-state index contributed by atoms with van der Waals surface area (Å²) < 4.78 is 15.0. The Hall–Kier alpha value is -5.72. The van der Waals surface area contributed by atoms with Gasteiger partial charge >= 0.3 is 0 Å². The highest BCUT2D eigenvalue weighted by molar-refractivity contribution is 5.93. The van der Waals surface area contributed by atoms with Crippen LogP contribution >= 0.6 is 0 Å². The zero-order valence-corrected chi connectivity index (χ0v) is 47.0. The van der Waals surface area contributed by atoms with Crippen molar-refractivity contribution in [3.63, 3.8) is 0 Å². The number of nitrogens with one attached hydrogen (secondary N) is 2. The van der Waals surface area contributed by atoms with E-state index in [2.05, 4.69) is 129 Å². The quantitative estimate of drug-likeness (QED) is 0.0489. The van der Waals surface area contributed by atoms with Gasteiger partial charge in [-0.05, 0) is 160 Å².